The number of nitrogens with one attached hydrogen (secondary N) is 1. The number of piperidine rings is 1. The fourth-order valence-corrected chi connectivity index (χ4v) is 10.4. The number of likely N-dealkylation sites (N-methyl/N-ethyl adjacent to an activating group) is 1. The van der Waals surface area contributed by atoms with E-state index in [9.17, 15) is 18.0 Å². The van der Waals surface area contributed by atoms with Gasteiger partial charge in [-0.15, -0.1) is 0 Å². The molecule has 0 spiro atoms. The maximum Gasteiger partial charge on any atom is 0.264 e. The summed E-state index contributed by atoms with van der Waals surface area (Å²) < 4.78 is 35.4. The average molecular weight is 645 g/mol. The van der Waals surface area contributed by atoms with E-state index in [0.717, 1.165) is 66.7 Å². The van der Waals surface area contributed by atoms with E-state index in [1.165, 1.54) is 30.4 Å². The highest BCUT2D eigenvalue weighted by Crippen LogP contribution is 2.67. The summed E-state index contributed by atoms with van der Waals surface area (Å²) in [6.45, 7) is 4.14. The van der Waals surface area contributed by atoms with Crippen molar-refractivity contribution < 1.29 is 22.7 Å². The molecule has 4 heterocycles. The molecular formula is C36H44N4O5S. The second-order valence-corrected chi connectivity index (χ2v) is 16.4. The van der Waals surface area contributed by atoms with E-state index in [1.807, 2.05) is 18.2 Å². The Balaban J connectivity index is 1.31. The monoisotopic (exact) mass is 644 g/mol. The largest absolute Gasteiger partial charge is 0.497 e. The zero-order chi connectivity index (χ0) is 32.0. The highest BCUT2D eigenvalue weighted by Gasteiger charge is 2.66. The summed E-state index contributed by atoms with van der Waals surface area (Å²) in [4.78, 5) is 32.6. The Kier molecular flexibility index (Phi) is 7.07. The van der Waals surface area contributed by atoms with Gasteiger partial charge < -0.3 is 19.1 Å². The van der Waals surface area contributed by atoms with Crippen molar-refractivity contribution in [3.05, 3.63) is 53.1 Å². The first-order valence-corrected chi connectivity index (χ1v) is 18.7. The maximum absolute atomic E-state index is 14.8. The summed E-state index contributed by atoms with van der Waals surface area (Å²) in [7, 11) is 0.106. The Hall–Kier alpha value is -3.37. The van der Waals surface area contributed by atoms with E-state index < -0.39 is 21.3 Å². The molecule has 4 unspecified atom stereocenters. The van der Waals surface area contributed by atoms with Crippen LogP contribution in [0.2, 0.25) is 0 Å². The Morgan fingerprint density at radius 2 is 1.80 bits per heavy atom. The molecule has 10 heteroatoms. The SMILES string of the molecule is CCCS(=O)(=O)NC(=O)c1ccc2c(C3CCCCC3)c3n(c2c1)CC1(C(=O)N2C4CC2CN(C)C4)CC1c1cc(OC)ccc1-3. The highest BCUT2D eigenvalue weighted by molar-refractivity contribution is 7.90. The van der Waals surface area contributed by atoms with Gasteiger partial charge in [0.1, 0.15) is 5.75 Å². The normalized spacial score (nSPS) is 27.2. The number of hydrogen-bond donors (Lipinski definition) is 1. The molecule has 4 atom stereocenters. The van der Waals surface area contributed by atoms with Crippen LogP contribution in [0.3, 0.4) is 0 Å². The Morgan fingerprint density at radius 1 is 1.04 bits per heavy atom. The molecule has 2 amide bonds. The predicted octanol–water partition coefficient (Wildman–Crippen LogP) is 5.24. The second kappa shape index (κ2) is 10.8. The Bertz CT molecular complexity index is 1850. The van der Waals surface area contributed by atoms with Crippen LogP contribution in [-0.2, 0) is 21.4 Å². The minimum absolute atomic E-state index is 0.0870. The van der Waals surface area contributed by atoms with E-state index in [-0.39, 0.29) is 29.7 Å². The lowest BCUT2D eigenvalue weighted by Crippen LogP contribution is -2.70. The lowest BCUT2D eigenvalue weighted by Gasteiger charge is -2.56. The molecule has 0 radical (unpaired) electrons. The van der Waals surface area contributed by atoms with Gasteiger partial charge in [0.2, 0.25) is 15.9 Å². The fourth-order valence-electron chi connectivity index (χ4n) is 9.35. The number of piperazine rings is 1. The molecule has 5 aliphatic rings. The quantitative estimate of drug-likeness (QED) is 0.378. The van der Waals surface area contributed by atoms with Gasteiger partial charge in [0.05, 0.1) is 24.0 Å². The minimum Gasteiger partial charge on any atom is -0.497 e. The fraction of sp³-hybridized carbons (Fsp3) is 0.556. The van der Waals surface area contributed by atoms with Crippen LogP contribution in [0.4, 0.5) is 0 Å². The number of methoxy groups -OCH3 is 1. The topological polar surface area (TPSA) is 101 Å². The number of carbonyl (C=O) groups excluding carboxylic acids is 2. The first-order valence-electron chi connectivity index (χ1n) is 17.0. The van der Waals surface area contributed by atoms with Gasteiger partial charge >= 0.3 is 0 Å². The molecular weight excluding hydrogens is 600 g/mol. The number of nitrogens with zero attached hydrogens (tertiary/aromatic N) is 3. The Labute approximate surface area is 271 Å². The van der Waals surface area contributed by atoms with Gasteiger partial charge in [-0.1, -0.05) is 32.3 Å². The van der Waals surface area contributed by atoms with Crippen molar-refractivity contribution in [1.29, 1.82) is 0 Å². The molecule has 8 rings (SSSR count). The second-order valence-electron chi connectivity index (χ2n) is 14.5. The van der Waals surface area contributed by atoms with Crippen LogP contribution >= 0.6 is 0 Å². The van der Waals surface area contributed by atoms with Crippen LogP contribution in [0.1, 0.15) is 91.6 Å². The predicted molar refractivity (Wildman–Crippen MR) is 178 cm³/mol. The molecule has 2 aliphatic carbocycles. The standard InChI is InChI=1S/C36H44N4O5S/c1-4-14-46(43,44)37-34(41)23-10-12-28-31(15-23)39-21-36(35(42)40-24-16-25(40)20-38(2)19-24)18-30(36)29-17-26(45-3)11-13-27(29)33(39)32(28)22-8-6-5-7-9-22/h10-13,15,17,22,24-25,30H,4-9,14,16,18-21H2,1-3H3,(H,37,41). The Morgan fingerprint density at radius 3 is 2.52 bits per heavy atom. The third-order valence-electron chi connectivity index (χ3n) is 11.5. The molecule has 1 N–H and O–H groups in total. The van der Waals surface area contributed by atoms with Crippen LogP contribution in [-0.4, -0.2) is 79.7 Å². The zero-order valence-corrected chi connectivity index (χ0v) is 27.9. The number of benzene rings is 2. The smallest absolute Gasteiger partial charge is 0.264 e. The molecule has 3 aromatic rings. The number of sulfonamides is 1. The number of rotatable bonds is 7. The van der Waals surface area contributed by atoms with E-state index in [0.29, 0.717) is 24.4 Å². The minimum atomic E-state index is -3.73. The van der Waals surface area contributed by atoms with Crippen molar-refractivity contribution in [3.63, 3.8) is 0 Å². The van der Waals surface area contributed by atoms with Crippen molar-refractivity contribution in [1.82, 2.24) is 19.1 Å². The molecule has 3 aliphatic heterocycles. The summed E-state index contributed by atoms with van der Waals surface area (Å²) in [5.74, 6) is 0.798. The van der Waals surface area contributed by atoms with Crippen LogP contribution in [0, 0.1) is 5.41 Å². The molecule has 2 saturated heterocycles. The van der Waals surface area contributed by atoms with Crippen LogP contribution < -0.4 is 9.46 Å². The van der Waals surface area contributed by atoms with Gasteiger partial charge in [0.25, 0.3) is 5.91 Å². The molecule has 1 aromatic heterocycles. The number of likely N-dealkylation sites (tertiary alicyclic amines) is 2. The molecule has 4 fully saturated rings. The lowest BCUT2D eigenvalue weighted by atomic mass is 9.81. The number of aromatic nitrogens is 1. The van der Waals surface area contributed by atoms with Gasteiger partial charge in [0, 0.05) is 59.7 Å². The third kappa shape index (κ3) is 4.61. The zero-order valence-electron chi connectivity index (χ0n) is 27.0. The van der Waals surface area contributed by atoms with E-state index in [4.69, 9.17) is 4.74 Å². The third-order valence-corrected chi connectivity index (χ3v) is 13.0. The number of amides is 2. The van der Waals surface area contributed by atoms with Gasteiger partial charge in [-0.3, -0.25) is 9.59 Å². The number of hydrogen-bond acceptors (Lipinski definition) is 6. The summed E-state index contributed by atoms with van der Waals surface area (Å²) in [6.07, 6.45) is 8.09. The van der Waals surface area contributed by atoms with Crippen molar-refractivity contribution in [2.75, 3.05) is 33.0 Å². The molecule has 46 heavy (non-hydrogen) atoms. The van der Waals surface area contributed by atoms with Crippen LogP contribution in [0.15, 0.2) is 36.4 Å². The van der Waals surface area contributed by atoms with Gasteiger partial charge in [-0.25, -0.2) is 13.1 Å². The van der Waals surface area contributed by atoms with Gasteiger partial charge in [-0.2, -0.15) is 0 Å². The summed E-state index contributed by atoms with van der Waals surface area (Å²) in [5, 5.41) is 1.10. The van der Waals surface area contributed by atoms with Crippen molar-refractivity contribution >= 4 is 32.7 Å². The summed E-state index contributed by atoms with van der Waals surface area (Å²) >= 11 is 0. The molecule has 2 bridgehead atoms. The van der Waals surface area contributed by atoms with Crippen LogP contribution in [0.5, 0.6) is 5.75 Å². The first kappa shape index (κ1) is 30.0. The first-order chi connectivity index (χ1) is 22.1. The molecule has 9 nitrogen and oxygen atoms in total. The van der Waals surface area contributed by atoms with E-state index in [2.05, 4.69) is 38.3 Å². The molecule has 2 aromatic carbocycles. The number of carbonyl (C=O) groups is 2. The molecule has 244 valence electrons. The molecule has 2 saturated carbocycles. The number of fused-ring (bicyclic) bond motifs is 9. The van der Waals surface area contributed by atoms with Gasteiger partial charge in [0.15, 0.2) is 0 Å². The maximum atomic E-state index is 14.8. The average Bonchev–Trinajstić information content (AvgIpc) is 3.71. The van der Waals surface area contributed by atoms with Gasteiger partial charge in [-0.05, 0) is 86.5 Å². The summed E-state index contributed by atoms with van der Waals surface area (Å²) in [5.41, 5.74) is 5.43. The summed E-state index contributed by atoms with van der Waals surface area (Å²) in [6, 6.07) is 12.5. The van der Waals surface area contributed by atoms with Crippen molar-refractivity contribution in [2.24, 2.45) is 5.41 Å². The van der Waals surface area contributed by atoms with Crippen molar-refractivity contribution in [3.8, 4) is 17.0 Å². The van der Waals surface area contributed by atoms with Crippen LogP contribution in [0.25, 0.3) is 22.2 Å². The number of ether oxygens (including phenoxy) is 1. The highest BCUT2D eigenvalue weighted by atomic mass is 32.2. The lowest BCUT2D eigenvalue weighted by molar-refractivity contribution is -0.159. The van der Waals surface area contributed by atoms with Crippen molar-refractivity contribution in [2.45, 2.75) is 88.8 Å². The van der Waals surface area contributed by atoms with E-state index in [1.54, 1.807) is 20.1 Å². The van der Waals surface area contributed by atoms with E-state index >= 15 is 0 Å².